The average molecular weight is 267 g/mol. The molecule has 0 aromatic carbocycles. The van der Waals surface area contributed by atoms with E-state index in [-0.39, 0.29) is 0 Å². The Morgan fingerprint density at radius 1 is 1.39 bits per heavy atom. The summed E-state index contributed by atoms with van der Waals surface area (Å²) in [5, 5.41) is 6.34. The molecule has 7 heteroatoms. The highest BCUT2D eigenvalue weighted by Gasteiger charge is 2.07. The maximum Gasteiger partial charge on any atom is 0.240 e. The molecule has 0 saturated heterocycles. The fraction of sp³-hybridized carbons (Fsp3) is 0.455. The molecule has 98 valence electrons. The number of unbranched alkanes of at least 4 members (excludes halogenated alkanes) is 1. The minimum atomic E-state index is 0.435. The van der Waals surface area contributed by atoms with Gasteiger partial charge in [0.25, 0.3) is 0 Å². The fourth-order valence-corrected chi connectivity index (χ4v) is 2.40. The number of ether oxygens (including phenoxy) is 1. The van der Waals surface area contributed by atoms with E-state index in [1.807, 2.05) is 11.4 Å². The zero-order chi connectivity index (χ0) is 12.8. The lowest BCUT2D eigenvalue weighted by Gasteiger charge is -2.08. The van der Waals surface area contributed by atoms with Crippen molar-refractivity contribution in [3.05, 3.63) is 11.4 Å². The molecular weight excluding hydrogens is 250 g/mol. The lowest BCUT2D eigenvalue weighted by atomic mass is 10.3. The second-order valence-electron chi connectivity index (χ2n) is 3.81. The van der Waals surface area contributed by atoms with Crippen molar-refractivity contribution in [1.82, 2.24) is 9.97 Å². The normalized spacial score (nSPS) is 10.8. The standard InChI is InChI=1S/C11H17N5OS/c1-17-6-3-2-5-13-9-8-4-7-18-10(8)15-11(14-9)16-12/h4,7H,2-3,5-6,12H2,1H3,(H2,13,14,15,16). The SMILES string of the molecule is COCCCCNc1nc(NN)nc2sccc12. The van der Waals surface area contributed by atoms with Crippen LogP contribution >= 0.6 is 11.3 Å². The molecule has 2 aromatic rings. The van der Waals surface area contributed by atoms with E-state index in [2.05, 4.69) is 20.7 Å². The smallest absolute Gasteiger partial charge is 0.240 e. The van der Waals surface area contributed by atoms with E-state index in [0.717, 1.165) is 42.0 Å². The topological polar surface area (TPSA) is 85.1 Å². The van der Waals surface area contributed by atoms with Crippen molar-refractivity contribution >= 4 is 33.3 Å². The van der Waals surface area contributed by atoms with Gasteiger partial charge in [0.2, 0.25) is 5.95 Å². The number of aromatic nitrogens is 2. The number of hydrazine groups is 1. The molecule has 0 fully saturated rings. The first-order valence-corrected chi connectivity index (χ1v) is 6.68. The lowest BCUT2D eigenvalue weighted by Crippen LogP contribution is -2.12. The van der Waals surface area contributed by atoms with Gasteiger partial charge in [-0.2, -0.15) is 4.98 Å². The maximum atomic E-state index is 5.36. The van der Waals surface area contributed by atoms with Crippen LogP contribution in [-0.4, -0.2) is 30.2 Å². The third-order valence-electron chi connectivity index (χ3n) is 2.52. The Morgan fingerprint density at radius 3 is 3.06 bits per heavy atom. The lowest BCUT2D eigenvalue weighted by molar-refractivity contribution is 0.194. The van der Waals surface area contributed by atoms with Crippen LogP contribution in [0.5, 0.6) is 0 Å². The summed E-state index contributed by atoms with van der Waals surface area (Å²) in [5.74, 6) is 6.62. The largest absolute Gasteiger partial charge is 0.385 e. The molecular formula is C11H17N5OS. The number of rotatable bonds is 7. The quantitative estimate of drug-likeness (QED) is 0.403. The van der Waals surface area contributed by atoms with E-state index >= 15 is 0 Å². The molecule has 0 bridgehead atoms. The van der Waals surface area contributed by atoms with Crippen LogP contribution in [0.2, 0.25) is 0 Å². The second kappa shape index (κ2) is 6.48. The van der Waals surface area contributed by atoms with Crippen LogP contribution in [0, 0.1) is 0 Å². The Balaban J connectivity index is 2.04. The summed E-state index contributed by atoms with van der Waals surface area (Å²) < 4.78 is 5.01. The van der Waals surface area contributed by atoms with Crippen molar-refractivity contribution in [2.45, 2.75) is 12.8 Å². The highest BCUT2D eigenvalue weighted by molar-refractivity contribution is 7.16. The van der Waals surface area contributed by atoms with E-state index < -0.39 is 0 Å². The molecule has 0 unspecified atom stereocenters. The predicted molar refractivity (Wildman–Crippen MR) is 74.8 cm³/mol. The first-order valence-electron chi connectivity index (χ1n) is 5.80. The molecule has 0 aliphatic carbocycles. The molecule has 0 amide bonds. The average Bonchev–Trinajstić information content (AvgIpc) is 2.86. The molecule has 2 aromatic heterocycles. The van der Waals surface area contributed by atoms with Gasteiger partial charge < -0.3 is 10.1 Å². The Morgan fingerprint density at radius 2 is 2.28 bits per heavy atom. The van der Waals surface area contributed by atoms with Crippen molar-refractivity contribution in [2.75, 3.05) is 31.0 Å². The Kier molecular flexibility index (Phi) is 4.68. The first kappa shape index (κ1) is 13.0. The summed E-state index contributed by atoms with van der Waals surface area (Å²) in [4.78, 5) is 9.54. The summed E-state index contributed by atoms with van der Waals surface area (Å²) in [5.41, 5.74) is 2.48. The number of nitrogens with two attached hydrogens (primary N) is 1. The van der Waals surface area contributed by atoms with Gasteiger partial charge in [-0.25, -0.2) is 10.8 Å². The molecule has 0 radical (unpaired) electrons. The fourth-order valence-electron chi connectivity index (χ4n) is 1.63. The van der Waals surface area contributed by atoms with Gasteiger partial charge in [0.1, 0.15) is 10.6 Å². The molecule has 2 heterocycles. The summed E-state index contributed by atoms with van der Waals surface area (Å²) in [7, 11) is 1.71. The zero-order valence-corrected chi connectivity index (χ0v) is 11.1. The summed E-state index contributed by atoms with van der Waals surface area (Å²) >= 11 is 1.57. The Labute approximate surface area is 110 Å². The van der Waals surface area contributed by atoms with Gasteiger partial charge >= 0.3 is 0 Å². The van der Waals surface area contributed by atoms with Gasteiger partial charge in [0.15, 0.2) is 0 Å². The van der Waals surface area contributed by atoms with Crippen molar-refractivity contribution in [3.63, 3.8) is 0 Å². The molecule has 0 spiro atoms. The molecule has 0 aliphatic heterocycles. The van der Waals surface area contributed by atoms with Crippen LogP contribution < -0.4 is 16.6 Å². The van der Waals surface area contributed by atoms with Crippen LogP contribution in [0.1, 0.15) is 12.8 Å². The Bertz CT molecular complexity index is 501. The molecule has 0 saturated carbocycles. The van der Waals surface area contributed by atoms with Crippen molar-refractivity contribution in [3.8, 4) is 0 Å². The third-order valence-corrected chi connectivity index (χ3v) is 3.33. The van der Waals surface area contributed by atoms with Crippen LogP contribution in [0.25, 0.3) is 10.2 Å². The number of hydrogen-bond donors (Lipinski definition) is 3. The molecule has 0 aliphatic rings. The van der Waals surface area contributed by atoms with Gasteiger partial charge in [-0.15, -0.1) is 11.3 Å². The minimum absolute atomic E-state index is 0.435. The number of hydrogen-bond acceptors (Lipinski definition) is 7. The van der Waals surface area contributed by atoms with Gasteiger partial charge in [-0.3, -0.25) is 5.43 Å². The van der Waals surface area contributed by atoms with Crippen molar-refractivity contribution in [1.29, 1.82) is 0 Å². The molecule has 4 N–H and O–H groups in total. The third kappa shape index (κ3) is 3.06. The zero-order valence-electron chi connectivity index (χ0n) is 10.3. The molecule has 0 atom stereocenters. The minimum Gasteiger partial charge on any atom is -0.385 e. The van der Waals surface area contributed by atoms with Crippen LogP contribution in [0.3, 0.4) is 0 Å². The highest BCUT2D eigenvalue weighted by atomic mass is 32.1. The highest BCUT2D eigenvalue weighted by Crippen LogP contribution is 2.26. The maximum absolute atomic E-state index is 5.36. The molecule has 18 heavy (non-hydrogen) atoms. The Hall–Kier alpha value is -1.44. The summed E-state index contributed by atoms with van der Waals surface area (Å²) in [6, 6.07) is 2.01. The van der Waals surface area contributed by atoms with Gasteiger partial charge in [0, 0.05) is 20.3 Å². The molecule has 6 nitrogen and oxygen atoms in total. The van der Waals surface area contributed by atoms with Crippen molar-refractivity contribution < 1.29 is 4.74 Å². The first-order chi connectivity index (χ1) is 8.85. The van der Waals surface area contributed by atoms with Crippen LogP contribution in [-0.2, 0) is 4.74 Å². The number of nitrogens with zero attached hydrogens (tertiary/aromatic N) is 2. The van der Waals surface area contributed by atoms with Gasteiger partial charge in [0.05, 0.1) is 5.39 Å². The second-order valence-corrected chi connectivity index (χ2v) is 4.70. The van der Waals surface area contributed by atoms with Gasteiger partial charge in [-0.1, -0.05) is 0 Å². The number of nitrogen functional groups attached to an aromatic ring is 1. The van der Waals surface area contributed by atoms with Crippen molar-refractivity contribution in [2.24, 2.45) is 5.84 Å². The number of methoxy groups -OCH3 is 1. The van der Waals surface area contributed by atoms with Gasteiger partial charge in [-0.05, 0) is 24.3 Å². The van der Waals surface area contributed by atoms with E-state index in [0.29, 0.717) is 5.95 Å². The van der Waals surface area contributed by atoms with E-state index in [1.54, 1.807) is 18.4 Å². The van der Waals surface area contributed by atoms with E-state index in [1.165, 1.54) is 0 Å². The summed E-state index contributed by atoms with van der Waals surface area (Å²) in [6.07, 6.45) is 2.07. The number of fused-ring (bicyclic) bond motifs is 1. The number of nitrogens with one attached hydrogen (secondary N) is 2. The number of anilines is 2. The summed E-state index contributed by atoms with van der Waals surface area (Å²) in [6.45, 7) is 1.64. The van der Waals surface area contributed by atoms with Crippen LogP contribution in [0.4, 0.5) is 11.8 Å². The van der Waals surface area contributed by atoms with Crippen LogP contribution in [0.15, 0.2) is 11.4 Å². The number of thiophene rings is 1. The monoisotopic (exact) mass is 267 g/mol. The van der Waals surface area contributed by atoms with E-state index in [4.69, 9.17) is 10.6 Å². The predicted octanol–water partition coefficient (Wildman–Crippen LogP) is 1.82. The van der Waals surface area contributed by atoms with E-state index in [9.17, 15) is 0 Å². The molecule has 2 rings (SSSR count).